The van der Waals surface area contributed by atoms with E-state index in [1.807, 2.05) is 42.4 Å². The molecule has 0 bridgehead atoms. The molecule has 1 aromatic heterocycles. The lowest BCUT2D eigenvalue weighted by molar-refractivity contribution is 0.0681. The van der Waals surface area contributed by atoms with Crippen molar-refractivity contribution in [3.8, 4) is 0 Å². The lowest BCUT2D eigenvalue weighted by Gasteiger charge is -2.35. The van der Waals surface area contributed by atoms with Crippen LogP contribution in [0, 0.1) is 0 Å². The zero-order valence-corrected chi connectivity index (χ0v) is 9.73. The molecule has 1 fully saturated rings. The second-order valence-electron chi connectivity index (χ2n) is 4.51. The predicted molar refractivity (Wildman–Crippen MR) is 67.0 cm³/mol. The number of likely N-dealkylation sites (N-methyl/N-ethyl adjacent to an activating group) is 1. The van der Waals surface area contributed by atoms with E-state index in [-0.39, 0.29) is 5.91 Å². The molecule has 2 aromatic rings. The van der Waals surface area contributed by atoms with Crippen LogP contribution in [0.25, 0.3) is 10.9 Å². The summed E-state index contributed by atoms with van der Waals surface area (Å²) >= 11 is 0. The van der Waals surface area contributed by atoms with E-state index in [4.69, 9.17) is 0 Å². The maximum atomic E-state index is 12.2. The molecule has 4 nitrogen and oxygen atoms in total. The monoisotopic (exact) mass is 229 g/mol. The molecular weight excluding hydrogens is 214 g/mol. The van der Waals surface area contributed by atoms with Gasteiger partial charge in [-0.3, -0.25) is 4.79 Å². The lowest BCUT2D eigenvalue weighted by Crippen LogP contribution is -2.57. The van der Waals surface area contributed by atoms with E-state index in [0.717, 1.165) is 29.6 Å². The highest BCUT2D eigenvalue weighted by Crippen LogP contribution is 2.16. The Labute approximate surface area is 99.6 Å². The molecule has 0 radical (unpaired) electrons. The second kappa shape index (κ2) is 3.89. The van der Waals surface area contributed by atoms with E-state index < -0.39 is 0 Å². The number of fused-ring (bicyclic) bond motifs is 1. The first kappa shape index (κ1) is 10.4. The van der Waals surface area contributed by atoms with Crippen molar-refractivity contribution < 1.29 is 4.79 Å². The third-order valence-corrected chi connectivity index (χ3v) is 3.43. The Morgan fingerprint density at radius 3 is 2.88 bits per heavy atom. The minimum Gasteiger partial charge on any atom is -0.361 e. The van der Waals surface area contributed by atoms with E-state index in [1.54, 1.807) is 0 Å². The summed E-state index contributed by atoms with van der Waals surface area (Å²) in [7, 11) is 1.87. The minimum absolute atomic E-state index is 0.0969. The summed E-state index contributed by atoms with van der Waals surface area (Å²) in [6, 6.07) is 8.09. The highest BCUT2D eigenvalue weighted by Gasteiger charge is 2.25. The number of hydrogen-bond acceptors (Lipinski definition) is 2. The third-order valence-electron chi connectivity index (χ3n) is 3.43. The van der Waals surface area contributed by atoms with Crippen LogP contribution in [0.15, 0.2) is 30.5 Å². The fraction of sp³-hybridized carbons (Fsp3) is 0.308. The Kier molecular flexibility index (Phi) is 2.37. The summed E-state index contributed by atoms with van der Waals surface area (Å²) < 4.78 is 0. The molecule has 2 heterocycles. The smallest absolute Gasteiger partial charge is 0.253 e. The molecule has 1 aromatic carbocycles. The second-order valence-corrected chi connectivity index (χ2v) is 4.51. The number of aromatic nitrogens is 1. The Balaban J connectivity index is 1.88. The Hall–Kier alpha value is -1.81. The van der Waals surface area contributed by atoms with Crippen molar-refractivity contribution in [3.05, 3.63) is 36.0 Å². The van der Waals surface area contributed by atoms with Gasteiger partial charge in [0.15, 0.2) is 0 Å². The summed E-state index contributed by atoms with van der Waals surface area (Å²) in [5, 5.41) is 4.25. The summed E-state index contributed by atoms with van der Waals surface area (Å²) in [5.41, 5.74) is 1.82. The van der Waals surface area contributed by atoms with Gasteiger partial charge < -0.3 is 15.2 Å². The average molecular weight is 229 g/mol. The van der Waals surface area contributed by atoms with Crippen molar-refractivity contribution >= 4 is 16.8 Å². The van der Waals surface area contributed by atoms with Crippen molar-refractivity contribution in [1.82, 2.24) is 15.2 Å². The van der Waals surface area contributed by atoms with Gasteiger partial charge in [-0.25, -0.2) is 0 Å². The first-order valence-electron chi connectivity index (χ1n) is 5.81. The van der Waals surface area contributed by atoms with Gasteiger partial charge in [0.2, 0.25) is 0 Å². The van der Waals surface area contributed by atoms with Crippen LogP contribution >= 0.6 is 0 Å². The summed E-state index contributed by atoms with van der Waals surface area (Å²) in [4.78, 5) is 17.2. The Morgan fingerprint density at radius 2 is 2.18 bits per heavy atom. The molecule has 4 heteroatoms. The molecule has 1 aliphatic heterocycles. The van der Waals surface area contributed by atoms with E-state index in [9.17, 15) is 4.79 Å². The zero-order chi connectivity index (χ0) is 11.8. The molecule has 0 aliphatic carbocycles. The number of H-pyrrole nitrogens is 1. The van der Waals surface area contributed by atoms with Crippen LogP contribution in [0.5, 0.6) is 0 Å². The Bertz CT molecular complexity index is 557. The van der Waals surface area contributed by atoms with Crippen molar-refractivity contribution in [2.75, 3.05) is 20.1 Å². The molecular formula is C13H15N3O. The number of benzene rings is 1. The molecule has 0 atom stereocenters. The summed E-state index contributed by atoms with van der Waals surface area (Å²) in [5.74, 6) is 0.0969. The topological polar surface area (TPSA) is 48.1 Å². The molecule has 0 unspecified atom stereocenters. The molecule has 88 valence electrons. The number of aromatic amines is 1. The van der Waals surface area contributed by atoms with E-state index in [1.165, 1.54) is 0 Å². The minimum atomic E-state index is 0.0969. The maximum absolute atomic E-state index is 12.2. The number of nitrogens with zero attached hydrogens (tertiary/aromatic N) is 1. The van der Waals surface area contributed by atoms with E-state index >= 15 is 0 Å². The molecule has 3 rings (SSSR count). The van der Waals surface area contributed by atoms with Gasteiger partial charge in [-0.1, -0.05) is 0 Å². The lowest BCUT2D eigenvalue weighted by atomic mass is 10.1. The molecule has 1 amide bonds. The van der Waals surface area contributed by atoms with Crippen molar-refractivity contribution in [3.63, 3.8) is 0 Å². The van der Waals surface area contributed by atoms with Crippen LogP contribution < -0.4 is 5.32 Å². The van der Waals surface area contributed by atoms with Gasteiger partial charge in [-0.05, 0) is 24.3 Å². The van der Waals surface area contributed by atoms with Crippen LogP contribution in [0.4, 0.5) is 0 Å². The SMILES string of the molecule is CN(C(=O)c1ccc2[nH]ccc2c1)C1CNC1. The molecule has 0 saturated carbocycles. The van der Waals surface area contributed by atoms with Gasteiger partial charge in [0, 0.05) is 42.8 Å². The number of hydrogen-bond donors (Lipinski definition) is 2. The van der Waals surface area contributed by atoms with E-state index in [0.29, 0.717) is 6.04 Å². The first-order valence-corrected chi connectivity index (χ1v) is 5.81. The van der Waals surface area contributed by atoms with Gasteiger partial charge in [-0.2, -0.15) is 0 Å². The van der Waals surface area contributed by atoms with Crippen molar-refractivity contribution in [2.45, 2.75) is 6.04 Å². The van der Waals surface area contributed by atoms with Crippen LogP contribution in [0.2, 0.25) is 0 Å². The molecule has 1 saturated heterocycles. The van der Waals surface area contributed by atoms with Crippen LogP contribution in [0.1, 0.15) is 10.4 Å². The van der Waals surface area contributed by atoms with Gasteiger partial charge in [0.05, 0.1) is 6.04 Å². The van der Waals surface area contributed by atoms with Gasteiger partial charge >= 0.3 is 0 Å². The molecule has 2 N–H and O–H groups in total. The zero-order valence-electron chi connectivity index (χ0n) is 9.73. The fourth-order valence-corrected chi connectivity index (χ4v) is 2.10. The summed E-state index contributed by atoms with van der Waals surface area (Å²) in [6.07, 6.45) is 1.89. The number of rotatable bonds is 2. The largest absolute Gasteiger partial charge is 0.361 e. The predicted octanol–water partition coefficient (Wildman–Crippen LogP) is 1.21. The maximum Gasteiger partial charge on any atom is 0.253 e. The number of carbonyl (C=O) groups excluding carboxylic acids is 1. The fourth-order valence-electron chi connectivity index (χ4n) is 2.10. The molecule has 17 heavy (non-hydrogen) atoms. The normalized spacial score (nSPS) is 15.8. The van der Waals surface area contributed by atoms with Crippen molar-refractivity contribution in [2.24, 2.45) is 0 Å². The standard InChI is InChI=1S/C13H15N3O/c1-16(11-7-14-8-11)13(17)10-2-3-12-9(6-10)4-5-15-12/h2-6,11,14-15H,7-8H2,1H3. The van der Waals surface area contributed by atoms with Crippen LogP contribution in [-0.4, -0.2) is 42.0 Å². The highest BCUT2D eigenvalue weighted by atomic mass is 16.2. The van der Waals surface area contributed by atoms with Crippen LogP contribution in [-0.2, 0) is 0 Å². The van der Waals surface area contributed by atoms with Gasteiger partial charge in [0.1, 0.15) is 0 Å². The van der Waals surface area contributed by atoms with E-state index in [2.05, 4.69) is 10.3 Å². The summed E-state index contributed by atoms with van der Waals surface area (Å²) in [6.45, 7) is 1.79. The van der Waals surface area contributed by atoms with Gasteiger partial charge in [-0.15, -0.1) is 0 Å². The number of amides is 1. The molecule has 1 aliphatic rings. The third kappa shape index (κ3) is 1.70. The Morgan fingerprint density at radius 1 is 1.35 bits per heavy atom. The molecule has 0 spiro atoms. The number of nitrogens with one attached hydrogen (secondary N) is 2. The average Bonchev–Trinajstić information content (AvgIpc) is 2.72. The van der Waals surface area contributed by atoms with Gasteiger partial charge in [0.25, 0.3) is 5.91 Å². The quantitative estimate of drug-likeness (QED) is 0.813. The van der Waals surface area contributed by atoms with Crippen molar-refractivity contribution in [1.29, 1.82) is 0 Å². The van der Waals surface area contributed by atoms with Crippen LogP contribution in [0.3, 0.4) is 0 Å². The number of carbonyl (C=O) groups is 1. The first-order chi connectivity index (χ1) is 8.25. The highest BCUT2D eigenvalue weighted by molar-refractivity contribution is 5.98.